The van der Waals surface area contributed by atoms with Crippen molar-refractivity contribution in [3.8, 4) is 0 Å². The van der Waals surface area contributed by atoms with Gasteiger partial charge in [-0.1, -0.05) is 24.6 Å². The first-order valence-electron chi connectivity index (χ1n) is 7.51. The third kappa shape index (κ3) is 2.71. The van der Waals surface area contributed by atoms with E-state index in [1.54, 1.807) is 4.90 Å². The van der Waals surface area contributed by atoms with Gasteiger partial charge >= 0.3 is 0 Å². The highest BCUT2D eigenvalue weighted by molar-refractivity contribution is 6.04. The van der Waals surface area contributed by atoms with Crippen molar-refractivity contribution in [2.24, 2.45) is 0 Å². The lowest BCUT2D eigenvalue weighted by Crippen LogP contribution is -2.33. The number of likely N-dealkylation sites (N-methyl/N-ethyl adjacent to an activating group) is 1. The molecule has 1 aromatic rings. The maximum absolute atomic E-state index is 12.3. The predicted molar refractivity (Wildman–Crippen MR) is 81.7 cm³/mol. The highest BCUT2D eigenvalue weighted by atomic mass is 16.2. The van der Waals surface area contributed by atoms with E-state index in [2.05, 4.69) is 5.32 Å². The summed E-state index contributed by atoms with van der Waals surface area (Å²) in [6.07, 6.45) is 4.45. The molecule has 1 atom stereocenters. The topological polar surface area (TPSA) is 49.4 Å². The van der Waals surface area contributed by atoms with Crippen LogP contribution < -0.4 is 5.32 Å². The Bertz CT molecular complexity index is 592. The molecule has 110 valence electrons. The number of carbonyl (C=O) groups is 2. The normalized spacial score (nSPS) is 21.5. The van der Waals surface area contributed by atoms with Gasteiger partial charge in [-0.15, -0.1) is 0 Å². The number of rotatable bonds is 3. The van der Waals surface area contributed by atoms with E-state index in [4.69, 9.17) is 0 Å². The van der Waals surface area contributed by atoms with E-state index in [1.165, 1.54) is 5.57 Å². The summed E-state index contributed by atoms with van der Waals surface area (Å²) < 4.78 is 0. The number of fused-ring (bicyclic) bond motifs is 1. The van der Waals surface area contributed by atoms with E-state index >= 15 is 0 Å². The molecule has 0 radical (unpaired) electrons. The maximum atomic E-state index is 12.3. The SMILES string of the molecule is CN1C(=O)C(CC(=O)Nc2ccccc2)=C2CCCCC21. The maximum Gasteiger partial charge on any atom is 0.250 e. The Kier molecular flexibility index (Phi) is 3.78. The van der Waals surface area contributed by atoms with E-state index in [0.29, 0.717) is 0 Å². The van der Waals surface area contributed by atoms with E-state index in [9.17, 15) is 9.59 Å². The molecule has 1 aliphatic carbocycles. The minimum atomic E-state index is -0.114. The first-order chi connectivity index (χ1) is 10.2. The van der Waals surface area contributed by atoms with Crippen molar-refractivity contribution in [3.05, 3.63) is 41.5 Å². The van der Waals surface area contributed by atoms with Gasteiger partial charge in [-0.2, -0.15) is 0 Å². The van der Waals surface area contributed by atoms with Crippen LogP contribution in [-0.4, -0.2) is 29.8 Å². The van der Waals surface area contributed by atoms with Crippen molar-refractivity contribution >= 4 is 17.5 Å². The van der Waals surface area contributed by atoms with Crippen LogP contribution in [-0.2, 0) is 9.59 Å². The largest absolute Gasteiger partial charge is 0.335 e. The number of hydrogen-bond acceptors (Lipinski definition) is 2. The molecule has 3 rings (SSSR count). The van der Waals surface area contributed by atoms with E-state index in [1.807, 2.05) is 37.4 Å². The van der Waals surface area contributed by atoms with E-state index < -0.39 is 0 Å². The summed E-state index contributed by atoms with van der Waals surface area (Å²) >= 11 is 0. The molecule has 4 heteroatoms. The second-order valence-corrected chi connectivity index (χ2v) is 5.77. The van der Waals surface area contributed by atoms with Gasteiger partial charge in [-0.25, -0.2) is 0 Å². The number of benzene rings is 1. The molecule has 1 N–H and O–H groups in total. The zero-order valence-electron chi connectivity index (χ0n) is 12.3. The summed E-state index contributed by atoms with van der Waals surface area (Å²) in [7, 11) is 1.85. The molecule has 0 bridgehead atoms. The second kappa shape index (κ2) is 5.72. The summed E-state index contributed by atoms with van der Waals surface area (Å²) in [6, 6.07) is 9.59. The number of amides is 2. The fourth-order valence-electron chi connectivity index (χ4n) is 3.34. The van der Waals surface area contributed by atoms with Crippen LogP contribution in [0.4, 0.5) is 5.69 Å². The Balaban J connectivity index is 1.74. The molecular formula is C17H20N2O2. The minimum Gasteiger partial charge on any atom is -0.335 e. The molecule has 0 aromatic heterocycles. The molecule has 0 saturated heterocycles. The van der Waals surface area contributed by atoms with E-state index in [0.717, 1.165) is 36.9 Å². The van der Waals surface area contributed by atoms with Gasteiger partial charge in [0, 0.05) is 18.3 Å². The van der Waals surface area contributed by atoms with Crippen LogP contribution in [0.25, 0.3) is 0 Å². The summed E-state index contributed by atoms with van der Waals surface area (Å²) in [5.41, 5.74) is 2.68. The van der Waals surface area contributed by atoms with Crippen LogP contribution in [0.15, 0.2) is 41.5 Å². The molecule has 1 saturated carbocycles. The number of carbonyl (C=O) groups excluding carboxylic acids is 2. The number of anilines is 1. The highest BCUT2D eigenvalue weighted by Gasteiger charge is 2.38. The first kappa shape index (κ1) is 13.9. The standard InChI is InChI=1S/C17H20N2O2/c1-19-15-10-6-5-9-13(15)14(17(19)21)11-16(20)18-12-7-3-2-4-8-12/h2-4,7-8,15H,5-6,9-11H2,1H3,(H,18,20). The van der Waals surface area contributed by atoms with Crippen molar-refractivity contribution in [1.29, 1.82) is 0 Å². The number of nitrogens with one attached hydrogen (secondary N) is 1. The van der Waals surface area contributed by atoms with Crippen molar-refractivity contribution in [2.75, 3.05) is 12.4 Å². The van der Waals surface area contributed by atoms with Gasteiger partial charge in [0.15, 0.2) is 0 Å². The third-order valence-electron chi connectivity index (χ3n) is 4.40. The molecular weight excluding hydrogens is 264 g/mol. The highest BCUT2D eigenvalue weighted by Crippen LogP contribution is 2.36. The smallest absolute Gasteiger partial charge is 0.250 e. The fourth-order valence-corrected chi connectivity index (χ4v) is 3.34. The molecule has 21 heavy (non-hydrogen) atoms. The van der Waals surface area contributed by atoms with Crippen LogP contribution in [0.1, 0.15) is 32.1 Å². The summed E-state index contributed by atoms with van der Waals surface area (Å²) in [4.78, 5) is 26.3. The van der Waals surface area contributed by atoms with Gasteiger partial charge in [-0.3, -0.25) is 9.59 Å². The summed E-state index contributed by atoms with van der Waals surface area (Å²) in [6.45, 7) is 0. The Morgan fingerprint density at radius 2 is 2.05 bits per heavy atom. The van der Waals surface area contributed by atoms with Crippen LogP contribution in [0, 0.1) is 0 Å². The van der Waals surface area contributed by atoms with Gasteiger partial charge in [0.1, 0.15) is 0 Å². The lowest BCUT2D eigenvalue weighted by atomic mass is 9.88. The van der Waals surface area contributed by atoms with Gasteiger partial charge in [0.25, 0.3) is 5.91 Å². The van der Waals surface area contributed by atoms with Crippen molar-refractivity contribution < 1.29 is 9.59 Å². The van der Waals surface area contributed by atoms with Gasteiger partial charge < -0.3 is 10.2 Å². The summed E-state index contributed by atoms with van der Waals surface area (Å²) in [5.74, 6) is -0.0863. The summed E-state index contributed by atoms with van der Waals surface area (Å²) in [5, 5.41) is 2.86. The van der Waals surface area contributed by atoms with Crippen LogP contribution in [0.3, 0.4) is 0 Å². The Morgan fingerprint density at radius 3 is 2.81 bits per heavy atom. The van der Waals surface area contributed by atoms with Crippen LogP contribution in [0.2, 0.25) is 0 Å². The molecule has 0 spiro atoms. The molecule has 1 fully saturated rings. The van der Waals surface area contributed by atoms with Crippen molar-refractivity contribution in [1.82, 2.24) is 4.90 Å². The predicted octanol–water partition coefficient (Wildman–Crippen LogP) is 2.73. The zero-order valence-corrected chi connectivity index (χ0v) is 12.3. The minimum absolute atomic E-state index is 0.0279. The fraction of sp³-hybridized carbons (Fsp3) is 0.412. The zero-order chi connectivity index (χ0) is 14.8. The first-order valence-corrected chi connectivity index (χ1v) is 7.51. The average molecular weight is 284 g/mol. The molecule has 1 aromatic carbocycles. The number of nitrogens with zero attached hydrogens (tertiary/aromatic N) is 1. The van der Waals surface area contributed by atoms with Crippen LogP contribution in [0.5, 0.6) is 0 Å². The van der Waals surface area contributed by atoms with Gasteiger partial charge in [0.2, 0.25) is 5.91 Å². The van der Waals surface area contributed by atoms with Gasteiger partial charge in [-0.05, 0) is 37.0 Å². The second-order valence-electron chi connectivity index (χ2n) is 5.77. The number of hydrogen-bond donors (Lipinski definition) is 1. The quantitative estimate of drug-likeness (QED) is 0.927. The Morgan fingerprint density at radius 1 is 1.29 bits per heavy atom. The van der Waals surface area contributed by atoms with Crippen molar-refractivity contribution in [2.45, 2.75) is 38.1 Å². The third-order valence-corrected chi connectivity index (χ3v) is 4.40. The molecule has 1 unspecified atom stereocenters. The monoisotopic (exact) mass is 284 g/mol. The lowest BCUT2D eigenvalue weighted by molar-refractivity contribution is -0.127. The van der Waals surface area contributed by atoms with Crippen molar-refractivity contribution in [3.63, 3.8) is 0 Å². The number of para-hydroxylation sites is 1. The molecule has 2 amide bonds. The molecule has 4 nitrogen and oxygen atoms in total. The lowest BCUT2D eigenvalue weighted by Gasteiger charge is -2.26. The molecule has 2 aliphatic rings. The Labute approximate surface area is 124 Å². The Hall–Kier alpha value is -2.10. The average Bonchev–Trinajstić information content (AvgIpc) is 2.74. The molecule has 1 aliphatic heterocycles. The van der Waals surface area contributed by atoms with Gasteiger partial charge in [0.05, 0.1) is 12.5 Å². The van der Waals surface area contributed by atoms with Crippen LogP contribution >= 0.6 is 0 Å². The van der Waals surface area contributed by atoms with E-state index in [-0.39, 0.29) is 24.3 Å². The molecule has 1 heterocycles.